The third kappa shape index (κ3) is 7.58. The van der Waals surface area contributed by atoms with Crippen LogP contribution >= 0.6 is 0 Å². The Morgan fingerprint density at radius 3 is 2.42 bits per heavy atom. The Kier molecular flexibility index (Phi) is 9.68. The van der Waals surface area contributed by atoms with Gasteiger partial charge >= 0.3 is 0 Å². The summed E-state index contributed by atoms with van der Waals surface area (Å²) in [5, 5.41) is 5.96. The number of hydrogen-bond donors (Lipinski definition) is 2. The molecule has 1 aliphatic rings. The molecule has 1 amide bonds. The van der Waals surface area contributed by atoms with Crippen LogP contribution in [-0.2, 0) is 0 Å². The highest BCUT2D eigenvalue weighted by atomic mass is 19.1. The summed E-state index contributed by atoms with van der Waals surface area (Å²) in [4.78, 5) is 24.6. The van der Waals surface area contributed by atoms with Gasteiger partial charge in [0, 0.05) is 30.2 Å². The second kappa shape index (κ2) is 14.0. The van der Waals surface area contributed by atoms with Crippen LogP contribution in [0.5, 0.6) is 23.1 Å². The maximum absolute atomic E-state index is 14.9. The molecule has 1 aromatic heterocycles. The van der Waals surface area contributed by atoms with Gasteiger partial charge in [0.1, 0.15) is 12.2 Å². The number of aromatic nitrogens is 2. The van der Waals surface area contributed by atoms with E-state index in [1.54, 1.807) is 30.3 Å². The van der Waals surface area contributed by atoms with Crippen LogP contribution in [0, 0.1) is 19.7 Å². The van der Waals surface area contributed by atoms with Gasteiger partial charge in [-0.2, -0.15) is 4.98 Å². The van der Waals surface area contributed by atoms with Gasteiger partial charge in [-0.05, 0) is 82.1 Å². The minimum absolute atomic E-state index is 0.00993. The number of carbonyl (C=O) groups excluding carboxylic acids is 1. The first-order valence-corrected chi connectivity index (χ1v) is 14.5. The normalized spacial score (nSPS) is 13.0. The van der Waals surface area contributed by atoms with Crippen molar-refractivity contribution in [1.82, 2.24) is 14.9 Å². The average Bonchev–Trinajstić information content (AvgIpc) is 3.51. The molecule has 1 aliphatic heterocycles. The van der Waals surface area contributed by atoms with E-state index in [-0.39, 0.29) is 23.1 Å². The summed E-state index contributed by atoms with van der Waals surface area (Å²) in [5.74, 6) is 0.261. The lowest BCUT2D eigenvalue weighted by Crippen LogP contribution is -2.25. The average molecular weight is 586 g/mol. The van der Waals surface area contributed by atoms with Crippen LogP contribution < -0.4 is 24.8 Å². The zero-order chi connectivity index (χ0) is 30.2. The fourth-order valence-corrected chi connectivity index (χ4v) is 4.88. The van der Waals surface area contributed by atoms with E-state index >= 15 is 0 Å². The van der Waals surface area contributed by atoms with Crippen molar-refractivity contribution in [2.75, 3.05) is 43.5 Å². The molecule has 224 valence electrons. The summed E-state index contributed by atoms with van der Waals surface area (Å²) in [5.41, 5.74) is 3.07. The van der Waals surface area contributed by atoms with E-state index in [2.05, 4.69) is 25.5 Å². The van der Waals surface area contributed by atoms with Gasteiger partial charge in [-0.3, -0.25) is 9.69 Å². The molecule has 0 aliphatic carbocycles. The lowest BCUT2D eigenvalue weighted by Gasteiger charge is -2.16. The van der Waals surface area contributed by atoms with E-state index in [1.807, 2.05) is 45.0 Å². The molecule has 0 spiro atoms. The molecule has 2 heterocycles. The van der Waals surface area contributed by atoms with E-state index in [4.69, 9.17) is 14.2 Å². The van der Waals surface area contributed by atoms with Crippen LogP contribution in [0.15, 0.2) is 66.9 Å². The van der Waals surface area contributed by atoms with E-state index in [1.165, 1.54) is 25.1 Å². The molecule has 2 N–H and O–H groups in total. The number of nitrogens with zero attached hydrogens (tertiary/aromatic N) is 3. The first kappa shape index (κ1) is 29.8. The lowest BCUT2D eigenvalue weighted by molar-refractivity contribution is 0.102. The number of carbonyl (C=O) groups is 1. The van der Waals surface area contributed by atoms with Gasteiger partial charge in [-0.15, -0.1) is 0 Å². The van der Waals surface area contributed by atoms with Crippen LogP contribution in [0.25, 0.3) is 0 Å². The summed E-state index contributed by atoms with van der Waals surface area (Å²) in [6.45, 7) is 9.45. The van der Waals surface area contributed by atoms with E-state index in [0.29, 0.717) is 36.1 Å². The zero-order valence-electron chi connectivity index (χ0n) is 24.7. The van der Waals surface area contributed by atoms with Crippen molar-refractivity contribution >= 4 is 23.2 Å². The molecule has 10 heteroatoms. The second-order valence-corrected chi connectivity index (χ2v) is 10.3. The Labute approximate surface area is 251 Å². The van der Waals surface area contributed by atoms with Crippen LogP contribution in [0.2, 0.25) is 0 Å². The monoisotopic (exact) mass is 585 g/mol. The number of nitrogens with one attached hydrogen (secondary N) is 2. The predicted octanol–water partition coefficient (Wildman–Crippen LogP) is 6.89. The predicted molar refractivity (Wildman–Crippen MR) is 164 cm³/mol. The second-order valence-electron chi connectivity index (χ2n) is 10.3. The van der Waals surface area contributed by atoms with Crippen molar-refractivity contribution in [2.45, 2.75) is 33.6 Å². The van der Waals surface area contributed by atoms with E-state index in [0.717, 1.165) is 30.8 Å². The van der Waals surface area contributed by atoms with Gasteiger partial charge < -0.3 is 24.8 Å². The Morgan fingerprint density at radius 2 is 1.70 bits per heavy atom. The Balaban J connectivity index is 1.37. The molecule has 0 unspecified atom stereocenters. The van der Waals surface area contributed by atoms with Crippen molar-refractivity contribution in [3.8, 4) is 23.1 Å². The number of likely N-dealkylation sites (tertiary alicyclic amines) is 1. The first-order valence-electron chi connectivity index (χ1n) is 14.5. The maximum atomic E-state index is 14.9. The molecule has 0 atom stereocenters. The fourth-order valence-electron chi connectivity index (χ4n) is 4.88. The highest BCUT2D eigenvalue weighted by Gasteiger charge is 2.20. The van der Waals surface area contributed by atoms with Crippen molar-refractivity contribution in [3.63, 3.8) is 0 Å². The number of hydrogen-bond acceptors (Lipinski definition) is 8. The van der Waals surface area contributed by atoms with Crippen molar-refractivity contribution in [2.24, 2.45) is 0 Å². The Bertz CT molecular complexity index is 1550. The van der Waals surface area contributed by atoms with Crippen molar-refractivity contribution in [3.05, 3.63) is 89.4 Å². The Hall–Kier alpha value is -4.70. The summed E-state index contributed by atoms with van der Waals surface area (Å²) < 4.78 is 32.4. The molecular formula is C33H36FN5O4. The zero-order valence-corrected chi connectivity index (χ0v) is 24.7. The van der Waals surface area contributed by atoms with Crippen LogP contribution in [0.4, 0.5) is 21.7 Å². The molecule has 3 aromatic carbocycles. The molecule has 0 bridgehead atoms. The number of anilines is 3. The SMILES string of the molecule is CCOc1ccccc1Oc1nc(Nc2ccc(OCCN3CCCC3)c(F)c2)ncc1C(=O)Nc1c(C)cccc1C. The van der Waals surface area contributed by atoms with Gasteiger partial charge in [0.15, 0.2) is 23.1 Å². The topological polar surface area (TPSA) is 97.8 Å². The van der Waals surface area contributed by atoms with Gasteiger partial charge in [0.25, 0.3) is 5.91 Å². The summed E-state index contributed by atoms with van der Waals surface area (Å²) in [6, 6.07) is 17.5. The number of rotatable bonds is 12. The standard InChI is InChI=1S/C33H36FN5O4/c1-4-41-28-12-5-6-13-29(28)43-32-25(31(40)37-30-22(2)10-9-11-23(30)3)21-35-33(38-32)36-24-14-15-27(26(34)20-24)42-19-18-39-16-7-8-17-39/h5-6,9-15,20-21H,4,7-8,16-19H2,1-3H3,(H,37,40)(H,35,36,38). The molecule has 1 saturated heterocycles. The van der Waals surface area contributed by atoms with Crippen molar-refractivity contribution in [1.29, 1.82) is 0 Å². The third-order valence-corrected chi connectivity index (χ3v) is 7.13. The summed E-state index contributed by atoms with van der Waals surface area (Å²) in [7, 11) is 0. The minimum atomic E-state index is -0.502. The van der Waals surface area contributed by atoms with Crippen LogP contribution in [0.1, 0.15) is 41.3 Å². The fraction of sp³-hybridized carbons (Fsp3) is 0.303. The highest BCUT2D eigenvalue weighted by Crippen LogP contribution is 2.33. The maximum Gasteiger partial charge on any atom is 0.262 e. The van der Waals surface area contributed by atoms with Gasteiger partial charge in [-0.1, -0.05) is 30.3 Å². The smallest absolute Gasteiger partial charge is 0.262 e. The number of benzene rings is 3. The number of para-hydroxylation sites is 3. The molecule has 0 saturated carbocycles. The molecule has 5 rings (SSSR count). The van der Waals surface area contributed by atoms with E-state index < -0.39 is 11.7 Å². The Morgan fingerprint density at radius 1 is 0.953 bits per heavy atom. The van der Waals surface area contributed by atoms with Gasteiger partial charge in [0.2, 0.25) is 11.8 Å². The molecule has 43 heavy (non-hydrogen) atoms. The van der Waals surface area contributed by atoms with Crippen LogP contribution in [0.3, 0.4) is 0 Å². The molecule has 9 nitrogen and oxygen atoms in total. The summed E-state index contributed by atoms with van der Waals surface area (Å²) >= 11 is 0. The first-order chi connectivity index (χ1) is 20.9. The quantitative estimate of drug-likeness (QED) is 0.185. The third-order valence-electron chi connectivity index (χ3n) is 7.13. The van der Waals surface area contributed by atoms with Crippen molar-refractivity contribution < 1.29 is 23.4 Å². The lowest BCUT2D eigenvalue weighted by atomic mass is 10.1. The number of halogens is 1. The molecule has 1 fully saturated rings. The summed E-state index contributed by atoms with van der Waals surface area (Å²) in [6.07, 6.45) is 3.77. The van der Waals surface area contributed by atoms with Gasteiger partial charge in [-0.25, -0.2) is 9.37 Å². The minimum Gasteiger partial charge on any atom is -0.490 e. The van der Waals surface area contributed by atoms with Crippen LogP contribution in [-0.4, -0.2) is 53.6 Å². The number of aryl methyl sites for hydroxylation is 2. The number of ether oxygens (including phenoxy) is 3. The largest absolute Gasteiger partial charge is 0.490 e. The molecule has 0 radical (unpaired) electrons. The van der Waals surface area contributed by atoms with Gasteiger partial charge in [0.05, 0.1) is 6.61 Å². The van der Waals surface area contributed by atoms with E-state index in [9.17, 15) is 9.18 Å². The number of amides is 1. The molecular weight excluding hydrogens is 549 g/mol. The molecule has 4 aromatic rings. The highest BCUT2D eigenvalue weighted by molar-refractivity contribution is 6.06.